The van der Waals surface area contributed by atoms with Crippen LogP contribution in [0.1, 0.15) is 51.9 Å². The van der Waals surface area contributed by atoms with Gasteiger partial charge < -0.3 is 29.7 Å². The number of likely N-dealkylation sites (tertiary alicyclic amines) is 1. The fourth-order valence-corrected chi connectivity index (χ4v) is 4.02. The molecular weight excluding hydrogens is 410 g/mol. The standard InChI is InChI=1S/C24H39N3O5/c1-5-6-7-8-12-25-24(29)18-10-9-13-27(17-18)14-11-22(28)26-19-15-20(30-2)23(32-4)21(16-19)31-3/h15-16,18H,5-14,17H2,1-4H3,(H,25,29)(H,26,28). The highest BCUT2D eigenvalue weighted by Gasteiger charge is 2.25. The summed E-state index contributed by atoms with van der Waals surface area (Å²) < 4.78 is 16.0. The molecule has 0 bridgehead atoms. The summed E-state index contributed by atoms with van der Waals surface area (Å²) in [5, 5.41) is 5.98. The summed E-state index contributed by atoms with van der Waals surface area (Å²) in [7, 11) is 4.62. The molecule has 2 rings (SSSR count). The smallest absolute Gasteiger partial charge is 0.225 e. The Kier molecular flexibility index (Phi) is 11.1. The molecule has 32 heavy (non-hydrogen) atoms. The molecule has 0 spiro atoms. The Bertz CT molecular complexity index is 715. The molecule has 1 aliphatic rings. The third-order valence-corrected chi connectivity index (χ3v) is 5.81. The van der Waals surface area contributed by atoms with Gasteiger partial charge in [0.1, 0.15) is 0 Å². The zero-order valence-corrected chi connectivity index (χ0v) is 20.0. The molecule has 1 aromatic rings. The number of nitrogens with one attached hydrogen (secondary N) is 2. The maximum atomic E-state index is 12.5. The van der Waals surface area contributed by atoms with Gasteiger partial charge >= 0.3 is 0 Å². The fourth-order valence-electron chi connectivity index (χ4n) is 4.02. The molecule has 1 saturated heterocycles. The topological polar surface area (TPSA) is 89.1 Å². The number of carbonyl (C=O) groups excluding carboxylic acids is 2. The second-order valence-corrected chi connectivity index (χ2v) is 8.20. The zero-order chi connectivity index (χ0) is 23.3. The molecule has 0 aliphatic carbocycles. The van der Waals surface area contributed by atoms with Crippen molar-refractivity contribution in [2.75, 3.05) is 52.8 Å². The predicted octanol–water partition coefficient (Wildman–Crippen LogP) is 3.45. The van der Waals surface area contributed by atoms with Crippen molar-refractivity contribution in [3.05, 3.63) is 12.1 Å². The lowest BCUT2D eigenvalue weighted by Crippen LogP contribution is -2.44. The third-order valence-electron chi connectivity index (χ3n) is 5.81. The number of hydrogen-bond acceptors (Lipinski definition) is 6. The van der Waals surface area contributed by atoms with Crippen LogP contribution in [0.4, 0.5) is 5.69 Å². The van der Waals surface area contributed by atoms with Gasteiger partial charge in [-0.05, 0) is 25.8 Å². The van der Waals surface area contributed by atoms with Gasteiger partial charge in [-0.3, -0.25) is 9.59 Å². The van der Waals surface area contributed by atoms with Crippen LogP contribution in [0.5, 0.6) is 17.2 Å². The number of nitrogens with zero attached hydrogens (tertiary/aromatic N) is 1. The second-order valence-electron chi connectivity index (χ2n) is 8.20. The van der Waals surface area contributed by atoms with E-state index in [1.165, 1.54) is 34.2 Å². The quantitative estimate of drug-likeness (QED) is 0.449. The summed E-state index contributed by atoms with van der Waals surface area (Å²) >= 11 is 0. The van der Waals surface area contributed by atoms with Gasteiger partial charge in [-0.25, -0.2) is 0 Å². The van der Waals surface area contributed by atoms with Crippen LogP contribution in [-0.4, -0.2) is 64.2 Å². The Morgan fingerprint density at radius 1 is 1.06 bits per heavy atom. The monoisotopic (exact) mass is 449 g/mol. The summed E-state index contributed by atoms with van der Waals surface area (Å²) in [5.74, 6) is 1.52. The number of unbranched alkanes of at least 4 members (excludes halogenated alkanes) is 3. The Balaban J connectivity index is 1.80. The lowest BCUT2D eigenvalue weighted by Gasteiger charge is -2.31. The van der Waals surface area contributed by atoms with Gasteiger partial charge in [0.05, 0.1) is 27.2 Å². The highest BCUT2D eigenvalue weighted by atomic mass is 16.5. The lowest BCUT2D eigenvalue weighted by molar-refractivity contribution is -0.126. The molecule has 8 nitrogen and oxygen atoms in total. The van der Waals surface area contributed by atoms with Crippen LogP contribution in [0.25, 0.3) is 0 Å². The zero-order valence-electron chi connectivity index (χ0n) is 20.0. The molecule has 1 unspecified atom stereocenters. The van der Waals surface area contributed by atoms with Crippen molar-refractivity contribution in [1.29, 1.82) is 0 Å². The highest BCUT2D eigenvalue weighted by molar-refractivity contribution is 5.91. The molecule has 180 valence electrons. The van der Waals surface area contributed by atoms with Crippen LogP contribution in [0.2, 0.25) is 0 Å². The number of anilines is 1. The third kappa shape index (κ3) is 7.89. The first-order chi connectivity index (χ1) is 15.5. The molecule has 1 fully saturated rings. The van der Waals surface area contributed by atoms with Crippen molar-refractivity contribution >= 4 is 17.5 Å². The summed E-state index contributed by atoms with van der Waals surface area (Å²) in [4.78, 5) is 27.2. The van der Waals surface area contributed by atoms with Crippen LogP contribution in [-0.2, 0) is 9.59 Å². The summed E-state index contributed by atoms with van der Waals surface area (Å²) in [6.07, 6.45) is 6.84. The van der Waals surface area contributed by atoms with Crippen LogP contribution in [0.15, 0.2) is 12.1 Å². The van der Waals surface area contributed by atoms with E-state index in [1.807, 2.05) is 0 Å². The molecule has 1 heterocycles. The molecule has 0 radical (unpaired) electrons. The molecule has 1 aliphatic heterocycles. The first kappa shape index (κ1) is 25.8. The predicted molar refractivity (Wildman–Crippen MR) is 126 cm³/mol. The number of amides is 2. The van der Waals surface area contributed by atoms with Crippen LogP contribution >= 0.6 is 0 Å². The minimum atomic E-state index is -0.0956. The van der Waals surface area contributed by atoms with Crippen LogP contribution < -0.4 is 24.8 Å². The highest BCUT2D eigenvalue weighted by Crippen LogP contribution is 2.39. The molecule has 0 saturated carbocycles. The van der Waals surface area contributed by atoms with Gasteiger partial charge in [-0.15, -0.1) is 0 Å². The van der Waals surface area contributed by atoms with Crippen molar-refractivity contribution in [2.24, 2.45) is 5.92 Å². The van der Waals surface area contributed by atoms with Crippen molar-refractivity contribution in [1.82, 2.24) is 10.2 Å². The average Bonchev–Trinajstić information content (AvgIpc) is 2.81. The lowest BCUT2D eigenvalue weighted by atomic mass is 9.97. The molecule has 0 aromatic heterocycles. The Morgan fingerprint density at radius 3 is 2.41 bits per heavy atom. The van der Waals surface area contributed by atoms with E-state index in [1.54, 1.807) is 12.1 Å². The van der Waals surface area contributed by atoms with E-state index in [0.717, 1.165) is 38.8 Å². The number of rotatable bonds is 13. The van der Waals surface area contributed by atoms with Crippen molar-refractivity contribution in [3.63, 3.8) is 0 Å². The van der Waals surface area contributed by atoms with Gasteiger partial charge in [0, 0.05) is 43.9 Å². The van der Waals surface area contributed by atoms with Crippen LogP contribution in [0, 0.1) is 5.92 Å². The van der Waals surface area contributed by atoms with Gasteiger partial charge in [-0.1, -0.05) is 26.2 Å². The Morgan fingerprint density at radius 2 is 1.78 bits per heavy atom. The molecule has 2 N–H and O–H groups in total. The van der Waals surface area contributed by atoms with E-state index >= 15 is 0 Å². The Hall–Kier alpha value is -2.48. The summed E-state index contributed by atoms with van der Waals surface area (Å²) in [6, 6.07) is 3.42. The van der Waals surface area contributed by atoms with E-state index in [4.69, 9.17) is 14.2 Å². The van der Waals surface area contributed by atoms with Gasteiger partial charge in [0.2, 0.25) is 17.6 Å². The van der Waals surface area contributed by atoms with E-state index in [-0.39, 0.29) is 17.7 Å². The van der Waals surface area contributed by atoms with Gasteiger partial charge in [-0.2, -0.15) is 0 Å². The molecule has 1 atom stereocenters. The van der Waals surface area contributed by atoms with E-state index in [2.05, 4.69) is 22.5 Å². The molecular formula is C24H39N3O5. The summed E-state index contributed by atoms with van der Waals surface area (Å²) in [5.41, 5.74) is 0.587. The number of methoxy groups -OCH3 is 3. The van der Waals surface area contributed by atoms with Gasteiger partial charge in [0.15, 0.2) is 11.5 Å². The van der Waals surface area contributed by atoms with E-state index in [9.17, 15) is 9.59 Å². The Labute approximate surface area is 192 Å². The molecule has 2 amide bonds. The van der Waals surface area contributed by atoms with Crippen molar-refractivity contribution < 1.29 is 23.8 Å². The van der Waals surface area contributed by atoms with Crippen LogP contribution in [0.3, 0.4) is 0 Å². The normalized spacial score (nSPS) is 16.3. The summed E-state index contributed by atoms with van der Waals surface area (Å²) in [6.45, 7) is 5.18. The number of benzene rings is 1. The number of carbonyl (C=O) groups is 2. The van der Waals surface area contributed by atoms with Crippen molar-refractivity contribution in [2.45, 2.75) is 51.9 Å². The molecule has 1 aromatic carbocycles. The second kappa shape index (κ2) is 13.8. The first-order valence-electron chi connectivity index (χ1n) is 11.6. The maximum Gasteiger partial charge on any atom is 0.225 e. The number of hydrogen-bond donors (Lipinski definition) is 2. The van der Waals surface area contributed by atoms with E-state index in [0.29, 0.717) is 42.4 Å². The first-order valence-corrected chi connectivity index (χ1v) is 11.6. The van der Waals surface area contributed by atoms with E-state index < -0.39 is 0 Å². The number of piperidine rings is 1. The fraction of sp³-hybridized carbons (Fsp3) is 0.667. The molecule has 8 heteroatoms. The largest absolute Gasteiger partial charge is 0.493 e. The van der Waals surface area contributed by atoms with Crippen molar-refractivity contribution in [3.8, 4) is 17.2 Å². The minimum Gasteiger partial charge on any atom is -0.493 e. The van der Waals surface area contributed by atoms with Gasteiger partial charge in [0.25, 0.3) is 0 Å². The minimum absolute atomic E-state index is 0.00750. The maximum absolute atomic E-state index is 12.5. The SMILES string of the molecule is CCCCCCNC(=O)C1CCCN(CCC(=O)Nc2cc(OC)c(OC)c(OC)c2)C1. The average molecular weight is 450 g/mol. The number of ether oxygens (including phenoxy) is 3.